The average Bonchev–Trinajstić information content (AvgIpc) is 2.89. The van der Waals surface area contributed by atoms with E-state index in [4.69, 9.17) is 0 Å². The third-order valence-electron chi connectivity index (χ3n) is 4.60. The Bertz CT molecular complexity index is 883. The van der Waals surface area contributed by atoms with E-state index in [1.54, 1.807) is 11.1 Å². The van der Waals surface area contributed by atoms with Gasteiger partial charge in [0.15, 0.2) is 0 Å². The number of carbonyl (C=O) groups excluding carboxylic acids is 1. The molecule has 2 aromatic rings. The van der Waals surface area contributed by atoms with Crippen LogP contribution in [-0.4, -0.2) is 65.9 Å². The number of aromatic nitrogens is 2. The molecule has 0 unspecified atom stereocenters. The maximum Gasteiger partial charge on any atom is 0.228 e. The summed E-state index contributed by atoms with van der Waals surface area (Å²) in [5.41, 5.74) is 1.67. The fourth-order valence-electron chi connectivity index (χ4n) is 3.30. The summed E-state index contributed by atoms with van der Waals surface area (Å²) in [4.78, 5) is 23.3. The molecule has 0 aromatic carbocycles. The number of pyridine rings is 1. The molecule has 0 N–H and O–H groups in total. The molecule has 1 aliphatic heterocycles. The van der Waals surface area contributed by atoms with E-state index in [0.717, 1.165) is 16.4 Å². The second kappa shape index (κ2) is 8.45. The van der Waals surface area contributed by atoms with Crippen LogP contribution in [0.1, 0.15) is 16.4 Å². The number of hydrogen-bond acceptors (Lipinski definition) is 6. The minimum atomic E-state index is -3.31. The lowest BCUT2D eigenvalue weighted by atomic mass is 10.0. The van der Waals surface area contributed by atoms with Crippen LogP contribution >= 0.6 is 11.3 Å². The third-order valence-corrected chi connectivity index (χ3v) is 6.70. The molecule has 1 saturated heterocycles. The molecule has 146 valence electrons. The fourth-order valence-corrected chi connectivity index (χ4v) is 4.81. The maximum atomic E-state index is 12.8. The van der Waals surface area contributed by atoms with E-state index >= 15 is 0 Å². The minimum Gasteiger partial charge on any atom is -0.341 e. The lowest BCUT2D eigenvalue weighted by Gasteiger charge is -2.24. The van der Waals surface area contributed by atoms with Gasteiger partial charge in [-0.1, -0.05) is 6.07 Å². The number of amides is 1. The van der Waals surface area contributed by atoms with Crippen LogP contribution in [0.15, 0.2) is 29.8 Å². The highest BCUT2D eigenvalue weighted by Crippen LogP contribution is 2.18. The summed E-state index contributed by atoms with van der Waals surface area (Å²) >= 11 is 1.53. The van der Waals surface area contributed by atoms with Crippen molar-refractivity contribution in [1.82, 2.24) is 19.2 Å². The van der Waals surface area contributed by atoms with Gasteiger partial charge in [-0.25, -0.2) is 17.7 Å². The summed E-state index contributed by atoms with van der Waals surface area (Å²) in [6.45, 7) is 3.55. The van der Waals surface area contributed by atoms with Gasteiger partial charge in [-0.15, -0.1) is 11.3 Å². The topological polar surface area (TPSA) is 83.5 Å². The number of aryl methyl sites for hydroxylation is 1. The number of carbonyl (C=O) groups is 1. The Morgan fingerprint density at radius 2 is 2.07 bits per heavy atom. The number of nitrogens with zero attached hydrogens (tertiary/aromatic N) is 4. The Kier molecular flexibility index (Phi) is 6.23. The molecular formula is C18H24N4O3S2. The zero-order valence-electron chi connectivity index (χ0n) is 15.5. The first-order valence-corrected chi connectivity index (χ1v) is 11.6. The Hall–Kier alpha value is -1.84. The van der Waals surface area contributed by atoms with E-state index in [-0.39, 0.29) is 18.2 Å². The van der Waals surface area contributed by atoms with Gasteiger partial charge in [-0.05, 0) is 31.4 Å². The molecule has 9 heteroatoms. The average molecular weight is 409 g/mol. The Balaban J connectivity index is 1.75. The molecule has 3 heterocycles. The Labute approximate surface area is 164 Å². The van der Waals surface area contributed by atoms with Crippen molar-refractivity contribution >= 4 is 27.3 Å². The second-order valence-electron chi connectivity index (χ2n) is 6.89. The Morgan fingerprint density at radius 1 is 1.26 bits per heavy atom. The van der Waals surface area contributed by atoms with Crippen LogP contribution in [0, 0.1) is 12.8 Å². The smallest absolute Gasteiger partial charge is 0.228 e. The highest BCUT2D eigenvalue weighted by Gasteiger charge is 2.30. The number of rotatable bonds is 5. The van der Waals surface area contributed by atoms with Gasteiger partial charge in [0.25, 0.3) is 0 Å². The molecule has 27 heavy (non-hydrogen) atoms. The SMILES string of the molecule is Cc1nc(CC(=O)N2CCN(S(C)(=O)=O)C[C@H](Cc3ccccn3)C2)cs1. The quantitative estimate of drug-likeness (QED) is 0.746. The zero-order chi connectivity index (χ0) is 19.4. The second-order valence-corrected chi connectivity index (χ2v) is 9.93. The third kappa shape index (κ3) is 5.57. The molecule has 0 spiro atoms. The molecule has 2 aromatic heterocycles. The van der Waals surface area contributed by atoms with Crippen molar-refractivity contribution in [2.24, 2.45) is 5.92 Å². The summed E-state index contributed by atoms with van der Waals surface area (Å²) in [6.07, 6.45) is 3.83. The highest BCUT2D eigenvalue weighted by atomic mass is 32.2. The van der Waals surface area contributed by atoms with Gasteiger partial charge in [0.1, 0.15) is 0 Å². The summed E-state index contributed by atoms with van der Waals surface area (Å²) in [5, 5.41) is 2.84. The van der Waals surface area contributed by atoms with Gasteiger partial charge in [0, 0.05) is 43.4 Å². The Morgan fingerprint density at radius 3 is 2.70 bits per heavy atom. The van der Waals surface area contributed by atoms with Crippen LogP contribution in [0.2, 0.25) is 0 Å². The van der Waals surface area contributed by atoms with E-state index < -0.39 is 10.0 Å². The van der Waals surface area contributed by atoms with E-state index in [2.05, 4.69) is 9.97 Å². The molecule has 0 saturated carbocycles. The van der Waals surface area contributed by atoms with Crippen LogP contribution in [0.4, 0.5) is 0 Å². The first-order chi connectivity index (χ1) is 12.8. The monoisotopic (exact) mass is 408 g/mol. The summed E-state index contributed by atoms with van der Waals surface area (Å²) < 4.78 is 25.7. The highest BCUT2D eigenvalue weighted by molar-refractivity contribution is 7.88. The van der Waals surface area contributed by atoms with E-state index in [9.17, 15) is 13.2 Å². The normalized spacial score (nSPS) is 19.0. The summed E-state index contributed by atoms with van der Waals surface area (Å²) in [7, 11) is -3.31. The molecule has 1 aliphatic rings. The van der Waals surface area contributed by atoms with Crippen molar-refractivity contribution in [3.8, 4) is 0 Å². The van der Waals surface area contributed by atoms with Crippen LogP contribution in [-0.2, 0) is 27.7 Å². The van der Waals surface area contributed by atoms with Crippen LogP contribution in [0.25, 0.3) is 0 Å². The van der Waals surface area contributed by atoms with Crippen molar-refractivity contribution in [1.29, 1.82) is 0 Å². The largest absolute Gasteiger partial charge is 0.341 e. The molecule has 7 nitrogen and oxygen atoms in total. The van der Waals surface area contributed by atoms with E-state index in [1.807, 2.05) is 30.5 Å². The minimum absolute atomic E-state index is 0.00162. The van der Waals surface area contributed by atoms with Crippen LogP contribution in [0.3, 0.4) is 0 Å². The van der Waals surface area contributed by atoms with Crippen molar-refractivity contribution < 1.29 is 13.2 Å². The number of hydrogen-bond donors (Lipinski definition) is 0. The predicted molar refractivity (Wildman–Crippen MR) is 105 cm³/mol. The summed E-state index contributed by atoms with van der Waals surface area (Å²) in [5.74, 6) is -0.0140. The molecule has 0 aliphatic carbocycles. The van der Waals surface area contributed by atoms with Crippen LogP contribution in [0.5, 0.6) is 0 Å². The molecular weight excluding hydrogens is 384 g/mol. The van der Waals surface area contributed by atoms with E-state index in [0.29, 0.717) is 32.6 Å². The zero-order valence-corrected chi connectivity index (χ0v) is 17.2. The first-order valence-electron chi connectivity index (χ1n) is 8.85. The molecule has 1 atom stereocenters. The lowest BCUT2D eigenvalue weighted by molar-refractivity contribution is -0.130. The molecule has 1 fully saturated rings. The lowest BCUT2D eigenvalue weighted by Crippen LogP contribution is -2.37. The summed E-state index contributed by atoms with van der Waals surface area (Å²) in [6, 6.07) is 5.70. The van der Waals surface area contributed by atoms with Gasteiger partial charge in [-0.2, -0.15) is 0 Å². The molecule has 3 rings (SSSR count). The van der Waals surface area contributed by atoms with Crippen molar-refractivity contribution in [3.05, 3.63) is 46.2 Å². The van der Waals surface area contributed by atoms with Gasteiger partial charge >= 0.3 is 0 Å². The van der Waals surface area contributed by atoms with E-state index in [1.165, 1.54) is 21.9 Å². The fraction of sp³-hybridized carbons (Fsp3) is 0.500. The molecule has 0 bridgehead atoms. The first kappa shape index (κ1) is 19.9. The van der Waals surface area contributed by atoms with Crippen molar-refractivity contribution in [2.45, 2.75) is 19.8 Å². The van der Waals surface area contributed by atoms with Crippen molar-refractivity contribution in [2.75, 3.05) is 32.4 Å². The number of sulfonamides is 1. The molecule has 1 amide bonds. The van der Waals surface area contributed by atoms with Crippen LogP contribution < -0.4 is 0 Å². The van der Waals surface area contributed by atoms with Gasteiger partial charge in [0.05, 0.1) is 23.4 Å². The standard InChI is InChI=1S/C18H24N4O3S2/c1-14-20-17(13-26-14)10-18(23)21-7-8-22(27(2,24)25)12-15(11-21)9-16-5-3-4-6-19-16/h3-6,13,15H,7-12H2,1-2H3/t15-/m1/s1. The van der Waals surface area contributed by atoms with Gasteiger partial charge in [-0.3, -0.25) is 9.78 Å². The molecule has 0 radical (unpaired) electrons. The van der Waals surface area contributed by atoms with Gasteiger partial charge in [0.2, 0.25) is 15.9 Å². The van der Waals surface area contributed by atoms with Crippen molar-refractivity contribution in [3.63, 3.8) is 0 Å². The number of thiazole rings is 1. The maximum absolute atomic E-state index is 12.8. The van der Waals surface area contributed by atoms with Gasteiger partial charge < -0.3 is 4.90 Å². The predicted octanol–water partition coefficient (Wildman–Crippen LogP) is 1.35.